The Kier molecular flexibility index (Phi) is 0.902. The molecule has 0 radical (unpaired) electrons. The minimum absolute atomic E-state index is 0.0120. The number of phenolic OH excluding ortho intramolecular Hbond substituents is 1. The second kappa shape index (κ2) is 1.70. The van der Waals surface area contributed by atoms with Crippen LogP contribution in [-0.4, -0.2) is 5.11 Å². The van der Waals surface area contributed by atoms with Crippen LogP contribution in [0.3, 0.4) is 0 Å². The zero-order valence-electron chi connectivity index (χ0n) is 6.18. The molecular weight excluding hydrogens is 197 g/mol. The van der Waals surface area contributed by atoms with Gasteiger partial charge in [0.25, 0.3) is 0 Å². The lowest BCUT2D eigenvalue weighted by Gasteiger charge is -2.15. The largest absolute Gasteiger partial charge is 0.647 e. The van der Waals surface area contributed by atoms with Crippen LogP contribution in [0.1, 0.15) is 0 Å². The molecule has 1 aromatic rings. The van der Waals surface area contributed by atoms with E-state index < -0.39 is 7.82 Å². The van der Waals surface area contributed by atoms with Crippen molar-refractivity contribution < 1.29 is 23.2 Å². The van der Waals surface area contributed by atoms with Crippen molar-refractivity contribution in [3.8, 4) is 23.0 Å². The third-order valence-electron chi connectivity index (χ3n) is 1.83. The predicted molar refractivity (Wildman–Crippen MR) is 42.0 cm³/mol. The van der Waals surface area contributed by atoms with Crippen LogP contribution in [0.2, 0.25) is 0 Å². The van der Waals surface area contributed by atoms with Crippen molar-refractivity contribution in [2.75, 3.05) is 5.73 Å². The number of hydrogen-bond donors (Lipinski definition) is 2. The van der Waals surface area contributed by atoms with E-state index in [1.165, 1.54) is 6.07 Å². The third kappa shape index (κ3) is 0.667. The molecule has 3 rings (SSSR count). The number of nitrogens with two attached hydrogens (primary N) is 1. The molecule has 3 bridgehead atoms. The lowest BCUT2D eigenvalue weighted by Crippen LogP contribution is -2.05. The van der Waals surface area contributed by atoms with Gasteiger partial charge >= 0.3 is 7.82 Å². The standard InChI is InChI=1S/C6H4NO5P/c7-4-3-1-2(8)5-6(4)12-13(9,10-3)11-5/h1,8H,7H2. The number of phosphoric acid groups is 1. The summed E-state index contributed by atoms with van der Waals surface area (Å²) in [7, 11) is -3.57. The molecule has 0 saturated carbocycles. The normalized spacial score (nSPS) is 26.5. The smallest absolute Gasteiger partial charge is 0.504 e. The second-order valence-electron chi connectivity index (χ2n) is 2.69. The number of hydrogen-bond acceptors (Lipinski definition) is 6. The summed E-state index contributed by atoms with van der Waals surface area (Å²) in [5, 5.41) is 9.32. The van der Waals surface area contributed by atoms with Gasteiger partial charge in [-0.2, -0.15) is 4.57 Å². The highest BCUT2D eigenvalue weighted by atomic mass is 31.2. The molecule has 13 heavy (non-hydrogen) atoms. The van der Waals surface area contributed by atoms with E-state index in [-0.39, 0.29) is 28.7 Å². The Hall–Kier alpha value is -1.55. The maximum Gasteiger partial charge on any atom is 0.647 e. The van der Waals surface area contributed by atoms with E-state index in [0.29, 0.717) is 0 Å². The fraction of sp³-hybridized carbons (Fsp3) is 0. The lowest BCUT2D eigenvalue weighted by molar-refractivity contribution is 0.327. The number of rotatable bonds is 0. The Labute approximate surface area is 72.4 Å². The van der Waals surface area contributed by atoms with Crippen LogP contribution in [0, 0.1) is 0 Å². The molecule has 2 aliphatic rings. The molecule has 1 aromatic carbocycles. The summed E-state index contributed by atoms with van der Waals surface area (Å²) >= 11 is 0. The molecule has 0 saturated heterocycles. The Balaban J connectivity index is 2.44. The maximum atomic E-state index is 11.5. The molecule has 7 heteroatoms. The first-order valence-electron chi connectivity index (χ1n) is 3.43. The van der Waals surface area contributed by atoms with Gasteiger partial charge in [-0.1, -0.05) is 0 Å². The van der Waals surface area contributed by atoms with Crippen LogP contribution in [-0.2, 0) is 4.57 Å². The minimum atomic E-state index is -3.57. The van der Waals surface area contributed by atoms with Gasteiger partial charge < -0.3 is 24.4 Å². The van der Waals surface area contributed by atoms with Crippen LogP contribution in [0.25, 0.3) is 0 Å². The van der Waals surface area contributed by atoms with E-state index in [4.69, 9.17) is 19.3 Å². The highest BCUT2D eigenvalue weighted by Gasteiger charge is 2.49. The first kappa shape index (κ1) is 6.91. The van der Waals surface area contributed by atoms with Crippen LogP contribution in [0.15, 0.2) is 6.07 Å². The average molecular weight is 201 g/mol. The molecule has 6 nitrogen and oxygen atoms in total. The monoisotopic (exact) mass is 201 g/mol. The third-order valence-corrected chi connectivity index (χ3v) is 3.07. The molecule has 0 fully saturated rings. The molecule has 0 amide bonds. The minimum Gasteiger partial charge on any atom is -0.504 e. The molecule has 2 aliphatic heterocycles. The topological polar surface area (TPSA) is 91.0 Å². The fourth-order valence-corrected chi connectivity index (χ4v) is 2.58. The van der Waals surface area contributed by atoms with Crippen LogP contribution in [0.4, 0.5) is 5.69 Å². The molecule has 1 unspecified atom stereocenters. The number of benzene rings is 1. The molecule has 0 aliphatic carbocycles. The molecule has 0 aromatic heterocycles. The molecule has 1 atom stereocenters. The Morgan fingerprint density at radius 1 is 1.31 bits per heavy atom. The maximum absolute atomic E-state index is 11.5. The van der Waals surface area contributed by atoms with E-state index in [1.807, 2.05) is 0 Å². The summed E-state index contributed by atoms with van der Waals surface area (Å²) in [4.78, 5) is 0. The van der Waals surface area contributed by atoms with Gasteiger partial charge in [0.15, 0.2) is 11.5 Å². The zero-order chi connectivity index (χ0) is 9.22. The summed E-state index contributed by atoms with van der Waals surface area (Å²) in [6.45, 7) is 0. The number of fused-ring (bicyclic) bond motifs is 2. The van der Waals surface area contributed by atoms with Crippen molar-refractivity contribution in [3.63, 3.8) is 0 Å². The van der Waals surface area contributed by atoms with Gasteiger partial charge in [0.05, 0.1) is 0 Å². The zero-order valence-corrected chi connectivity index (χ0v) is 7.08. The summed E-state index contributed by atoms with van der Waals surface area (Å²) in [6, 6.07) is 1.25. The average Bonchev–Trinajstić information content (AvgIpc) is 2.28. The Morgan fingerprint density at radius 3 is 2.77 bits per heavy atom. The van der Waals surface area contributed by atoms with Crippen molar-refractivity contribution in [1.29, 1.82) is 0 Å². The van der Waals surface area contributed by atoms with Crippen molar-refractivity contribution in [2.24, 2.45) is 0 Å². The number of aromatic hydroxyl groups is 1. The van der Waals surface area contributed by atoms with E-state index in [1.54, 1.807) is 0 Å². The number of nitrogen functional groups attached to an aromatic ring is 1. The molecular formula is C6H4NO5P. The second-order valence-corrected chi connectivity index (χ2v) is 4.13. The predicted octanol–water partition coefficient (Wildman–Crippen LogP) is 1.25. The van der Waals surface area contributed by atoms with Crippen molar-refractivity contribution >= 4 is 13.5 Å². The van der Waals surface area contributed by atoms with Crippen molar-refractivity contribution in [2.45, 2.75) is 0 Å². The quantitative estimate of drug-likeness (QED) is 0.372. The van der Waals surface area contributed by atoms with Crippen LogP contribution >= 0.6 is 7.82 Å². The highest BCUT2D eigenvalue weighted by Crippen LogP contribution is 2.69. The van der Waals surface area contributed by atoms with Gasteiger partial charge in [0, 0.05) is 6.07 Å². The summed E-state index contributed by atoms with van der Waals surface area (Å²) in [5.41, 5.74) is 5.73. The number of anilines is 1. The van der Waals surface area contributed by atoms with Gasteiger partial charge in [-0.15, -0.1) is 0 Å². The van der Waals surface area contributed by atoms with E-state index in [9.17, 15) is 9.67 Å². The van der Waals surface area contributed by atoms with Gasteiger partial charge in [0.1, 0.15) is 5.69 Å². The first-order chi connectivity index (χ1) is 6.09. The summed E-state index contributed by atoms with van der Waals surface area (Å²) in [5.74, 6) is 0.0319. The van der Waals surface area contributed by atoms with E-state index in [0.717, 1.165) is 0 Å². The number of phenols is 1. The van der Waals surface area contributed by atoms with E-state index >= 15 is 0 Å². The van der Waals surface area contributed by atoms with Gasteiger partial charge in [-0.3, -0.25) is 0 Å². The van der Waals surface area contributed by atoms with Crippen molar-refractivity contribution in [1.82, 2.24) is 0 Å². The molecule has 2 heterocycles. The molecule has 68 valence electrons. The SMILES string of the molecule is Nc1c2cc(O)c3c1OP(=O)(O2)O3. The molecule has 3 N–H and O–H groups in total. The van der Waals surface area contributed by atoms with Crippen LogP contribution in [0.5, 0.6) is 23.0 Å². The summed E-state index contributed by atoms with van der Waals surface area (Å²) in [6.07, 6.45) is 0. The lowest BCUT2D eigenvalue weighted by atomic mass is 10.2. The van der Waals surface area contributed by atoms with Gasteiger partial charge in [0.2, 0.25) is 11.5 Å². The first-order valence-corrected chi connectivity index (χ1v) is 4.89. The number of phosphoric ester groups is 1. The Bertz CT molecular complexity index is 456. The van der Waals surface area contributed by atoms with E-state index in [2.05, 4.69) is 0 Å². The Morgan fingerprint density at radius 2 is 2.00 bits per heavy atom. The van der Waals surface area contributed by atoms with Gasteiger partial charge in [-0.25, -0.2) is 0 Å². The fourth-order valence-electron chi connectivity index (χ4n) is 1.27. The summed E-state index contributed by atoms with van der Waals surface area (Å²) < 4.78 is 25.9. The molecule has 0 spiro atoms. The van der Waals surface area contributed by atoms with Crippen molar-refractivity contribution in [3.05, 3.63) is 6.07 Å². The van der Waals surface area contributed by atoms with Gasteiger partial charge in [-0.05, 0) is 0 Å². The van der Waals surface area contributed by atoms with Crippen LogP contribution < -0.4 is 19.3 Å². The highest BCUT2D eigenvalue weighted by molar-refractivity contribution is 7.50.